The molecule has 0 aromatic heterocycles. The molecule has 0 unspecified atom stereocenters. The third kappa shape index (κ3) is 6.69. The van der Waals surface area contributed by atoms with Crippen molar-refractivity contribution in [1.82, 2.24) is 0 Å². The molecule has 0 saturated carbocycles. The van der Waals surface area contributed by atoms with Gasteiger partial charge in [0.1, 0.15) is 0 Å². The molecule has 0 radical (unpaired) electrons. The number of ether oxygens (including phenoxy) is 3. The molecule has 1 aliphatic heterocycles. The summed E-state index contributed by atoms with van der Waals surface area (Å²) in [5.41, 5.74) is 1.40. The largest absolute Gasteiger partial charge is 0.372 e. The van der Waals surface area contributed by atoms with Crippen molar-refractivity contribution in [2.24, 2.45) is 5.41 Å². The molecule has 0 bridgehead atoms. The van der Waals surface area contributed by atoms with Gasteiger partial charge in [0.2, 0.25) is 0 Å². The molecule has 0 spiro atoms. The van der Waals surface area contributed by atoms with Crippen molar-refractivity contribution in [2.45, 2.75) is 53.2 Å². The fraction of sp³-hybridized carbons (Fsp3) is 0.765. The molecule has 0 atom stereocenters. The van der Waals surface area contributed by atoms with E-state index in [1.165, 1.54) is 18.4 Å². The van der Waals surface area contributed by atoms with Crippen LogP contribution in [0.3, 0.4) is 0 Å². The summed E-state index contributed by atoms with van der Waals surface area (Å²) >= 11 is 0. The second-order valence-electron chi connectivity index (χ2n) is 5.84. The van der Waals surface area contributed by atoms with Gasteiger partial charge in [0.05, 0.1) is 26.4 Å². The Morgan fingerprint density at radius 2 is 1.90 bits per heavy atom. The lowest BCUT2D eigenvalue weighted by Crippen LogP contribution is -2.39. The van der Waals surface area contributed by atoms with Gasteiger partial charge in [-0.2, -0.15) is 0 Å². The first-order valence-electron chi connectivity index (χ1n) is 7.82. The fourth-order valence-corrected chi connectivity index (χ4v) is 2.03. The Labute approximate surface area is 124 Å². The average Bonchev–Trinajstić information content (AvgIpc) is 2.72. The Morgan fingerprint density at radius 1 is 1.20 bits per heavy atom. The van der Waals surface area contributed by atoms with Crippen LogP contribution in [0.2, 0.25) is 0 Å². The lowest BCUT2D eigenvalue weighted by Gasteiger charge is -2.34. The molecule has 2 aliphatic rings. The lowest BCUT2D eigenvalue weighted by atomic mass is 9.96. The first-order chi connectivity index (χ1) is 9.66. The molecule has 1 heterocycles. The van der Waals surface area contributed by atoms with Crippen LogP contribution in [0.5, 0.6) is 0 Å². The molecule has 0 aromatic carbocycles. The van der Waals surface area contributed by atoms with Gasteiger partial charge < -0.3 is 14.2 Å². The zero-order valence-corrected chi connectivity index (χ0v) is 13.5. The van der Waals surface area contributed by atoms with Crippen LogP contribution in [-0.4, -0.2) is 32.7 Å². The number of rotatable bonds is 4. The van der Waals surface area contributed by atoms with Crippen LogP contribution in [0.25, 0.3) is 0 Å². The number of hydrogen-bond acceptors (Lipinski definition) is 3. The van der Waals surface area contributed by atoms with Crippen LogP contribution in [0.15, 0.2) is 23.8 Å². The normalized spacial score (nSPS) is 22.5. The van der Waals surface area contributed by atoms with Crippen molar-refractivity contribution in [2.75, 3.05) is 26.4 Å². The summed E-state index contributed by atoms with van der Waals surface area (Å²) < 4.78 is 16.9. The van der Waals surface area contributed by atoms with Crippen molar-refractivity contribution < 1.29 is 14.2 Å². The quantitative estimate of drug-likeness (QED) is 0.777. The van der Waals surface area contributed by atoms with E-state index in [2.05, 4.69) is 32.1 Å². The van der Waals surface area contributed by atoms with Crippen LogP contribution in [0.4, 0.5) is 0 Å². The monoisotopic (exact) mass is 282 g/mol. The van der Waals surface area contributed by atoms with E-state index < -0.39 is 0 Å². The topological polar surface area (TPSA) is 27.7 Å². The highest BCUT2D eigenvalue weighted by atomic mass is 16.7. The molecule has 1 aliphatic carbocycles. The zero-order chi connectivity index (χ0) is 14.8. The van der Waals surface area contributed by atoms with E-state index in [0.717, 1.165) is 19.6 Å². The minimum Gasteiger partial charge on any atom is -0.372 e. The van der Waals surface area contributed by atoms with E-state index in [4.69, 9.17) is 14.2 Å². The maximum atomic E-state index is 5.67. The van der Waals surface area contributed by atoms with Crippen LogP contribution in [0, 0.1) is 5.41 Å². The summed E-state index contributed by atoms with van der Waals surface area (Å²) in [6.07, 6.45) is 10.0. The van der Waals surface area contributed by atoms with Gasteiger partial charge in [-0.3, -0.25) is 0 Å². The highest BCUT2D eigenvalue weighted by Gasteiger charge is 2.28. The van der Waals surface area contributed by atoms with E-state index in [1.54, 1.807) is 0 Å². The van der Waals surface area contributed by atoms with Gasteiger partial charge in [-0.1, -0.05) is 45.9 Å². The van der Waals surface area contributed by atoms with Gasteiger partial charge in [0, 0.05) is 5.41 Å². The lowest BCUT2D eigenvalue weighted by molar-refractivity contribution is -0.238. The van der Waals surface area contributed by atoms with Crippen molar-refractivity contribution in [1.29, 1.82) is 0 Å². The maximum Gasteiger partial charge on any atom is 0.180 e. The van der Waals surface area contributed by atoms with E-state index in [0.29, 0.717) is 13.2 Å². The molecule has 0 amide bonds. The molecule has 116 valence electrons. The van der Waals surface area contributed by atoms with E-state index in [9.17, 15) is 0 Å². The predicted molar refractivity (Wildman–Crippen MR) is 82.7 cm³/mol. The SMILES string of the molecule is CC.CC1(C)COC(COCC2=CCCCC=C2)OC1. The molecule has 1 fully saturated rings. The number of hydrogen-bond donors (Lipinski definition) is 0. The molecule has 1 saturated heterocycles. The second-order valence-corrected chi connectivity index (χ2v) is 5.84. The summed E-state index contributed by atoms with van der Waals surface area (Å²) in [5, 5.41) is 0. The summed E-state index contributed by atoms with van der Waals surface area (Å²) in [4.78, 5) is 0. The van der Waals surface area contributed by atoms with Crippen molar-refractivity contribution in [3.05, 3.63) is 23.8 Å². The highest BCUT2D eigenvalue weighted by Crippen LogP contribution is 2.23. The van der Waals surface area contributed by atoms with Gasteiger partial charge in [-0.15, -0.1) is 0 Å². The third-order valence-electron chi connectivity index (χ3n) is 3.16. The van der Waals surface area contributed by atoms with E-state index in [1.807, 2.05) is 13.8 Å². The van der Waals surface area contributed by atoms with Gasteiger partial charge in [-0.25, -0.2) is 0 Å². The minimum absolute atomic E-state index is 0.128. The molecular weight excluding hydrogens is 252 g/mol. The van der Waals surface area contributed by atoms with E-state index >= 15 is 0 Å². The minimum atomic E-state index is -0.201. The molecule has 0 N–H and O–H groups in total. The van der Waals surface area contributed by atoms with Gasteiger partial charge >= 0.3 is 0 Å². The molecule has 3 heteroatoms. The second kappa shape index (κ2) is 9.32. The predicted octanol–water partition coefficient (Wildman–Crippen LogP) is 4.09. The van der Waals surface area contributed by atoms with Gasteiger partial charge in [-0.05, 0) is 24.8 Å². The average molecular weight is 282 g/mol. The maximum absolute atomic E-state index is 5.67. The first kappa shape index (κ1) is 17.4. The molecule has 3 nitrogen and oxygen atoms in total. The summed E-state index contributed by atoms with van der Waals surface area (Å²) in [5.74, 6) is 0. The van der Waals surface area contributed by atoms with Crippen LogP contribution in [0.1, 0.15) is 47.0 Å². The Hall–Kier alpha value is -0.640. The zero-order valence-electron chi connectivity index (χ0n) is 13.5. The van der Waals surface area contributed by atoms with Crippen molar-refractivity contribution in [3.8, 4) is 0 Å². The Bertz CT molecular complexity index is 308. The Morgan fingerprint density at radius 3 is 2.60 bits per heavy atom. The van der Waals surface area contributed by atoms with Crippen LogP contribution in [-0.2, 0) is 14.2 Å². The van der Waals surface area contributed by atoms with Gasteiger partial charge in [0.25, 0.3) is 0 Å². The summed E-state index contributed by atoms with van der Waals surface area (Å²) in [6.45, 7) is 10.9. The van der Waals surface area contributed by atoms with Gasteiger partial charge in [0.15, 0.2) is 6.29 Å². The van der Waals surface area contributed by atoms with Crippen molar-refractivity contribution in [3.63, 3.8) is 0 Å². The molecule has 2 rings (SSSR count). The smallest absolute Gasteiger partial charge is 0.180 e. The number of allylic oxidation sites excluding steroid dienone is 2. The van der Waals surface area contributed by atoms with Crippen LogP contribution < -0.4 is 0 Å². The molecular formula is C17H30O3. The van der Waals surface area contributed by atoms with Crippen molar-refractivity contribution >= 4 is 0 Å². The fourth-order valence-electron chi connectivity index (χ4n) is 2.03. The van der Waals surface area contributed by atoms with E-state index in [-0.39, 0.29) is 11.7 Å². The summed E-state index contributed by atoms with van der Waals surface area (Å²) in [6, 6.07) is 0. The highest BCUT2D eigenvalue weighted by molar-refractivity contribution is 5.20. The first-order valence-corrected chi connectivity index (χ1v) is 7.82. The molecule has 20 heavy (non-hydrogen) atoms. The third-order valence-corrected chi connectivity index (χ3v) is 3.16. The Balaban J connectivity index is 0.000000956. The Kier molecular flexibility index (Phi) is 8.12. The standard InChI is InChI=1S/C15H24O3.C2H6/c1-15(2)11-17-14(18-12-15)10-16-9-13-7-5-3-4-6-8-13;1-2/h5,7-8,14H,3-4,6,9-12H2,1-2H3;1-2H3. The summed E-state index contributed by atoms with van der Waals surface area (Å²) in [7, 11) is 0. The molecule has 0 aromatic rings. The van der Waals surface area contributed by atoms with Crippen LogP contribution >= 0.6 is 0 Å².